The van der Waals surface area contributed by atoms with Gasteiger partial charge in [-0.2, -0.15) is 5.10 Å². The zero-order chi connectivity index (χ0) is 16.6. The van der Waals surface area contributed by atoms with Crippen molar-refractivity contribution in [3.8, 4) is 0 Å². The minimum Gasteiger partial charge on any atom is -0.334 e. The Balaban J connectivity index is 1.84. The van der Waals surface area contributed by atoms with E-state index in [-0.39, 0.29) is 11.4 Å². The van der Waals surface area contributed by atoms with Crippen molar-refractivity contribution in [3.05, 3.63) is 17.5 Å². The molecule has 5 nitrogen and oxygen atoms in total. The number of piperidine rings is 1. The topological polar surface area (TPSA) is 41.4 Å². The fourth-order valence-electron chi connectivity index (χ4n) is 4.65. The number of fused-ring (bicyclic) bond motifs is 1. The van der Waals surface area contributed by atoms with E-state index in [9.17, 15) is 4.79 Å². The predicted molar refractivity (Wildman–Crippen MR) is 91.3 cm³/mol. The van der Waals surface area contributed by atoms with Gasteiger partial charge in [-0.25, -0.2) is 0 Å². The third-order valence-corrected chi connectivity index (χ3v) is 5.86. The summed E-state index contributed by atoms with van der Waals surface area (Å²) in [5.41, 5.74) is 2.01. The van der Waals surface area contributed by atoms with Crippen LogP contribution in [-0.4, -0.2) is 57.2 Å². The van der Waals surface area contributed by atoms with Gasteiger partial charge in [0, 0.05) is 18.3 Å². The van der Waals surface area contributed by atoms with Crippen LogP contribution in [-0.2, 0) is 11.3 Å². The van der Waals surface area contributed by atoms with E-state index in [1.54, 1.807) is 0 Å². The van der Waals surface area contributed by atoms with Gasteiger partial charge in [-0.05, 0) is 66.1 Å². The molecule has 2 atom stereocenters. The monoisotopic (exact) mass is 318 g/mol. The van der Waals surface area contributed by atoms with Crippen molar-refractivity contribution in [2.75, 3.05) is 20.1 Å². The number of amides is 1. The summed E-state index contributed by atoms with van der Waals surface area (Å²) in [5, 5.41) is 4.47. The normalized spacial score (nSPS) is 29.2. The highest BCUT2D eigenvalue weighted by molar-refractivity contribution is 5.77. The van der Waals surface area contributed by atoms with Gasteiger partial charge in [0.05, 0.1) is 11.2 Å². The van der Waals surface area contributed by atoms with Crippen molar-refractivity contribution >= 4 is 5.91 Å². The number of carbonyl (C=O) groups is 1. The molecule has 0 aromatic carbocycles. The third-order valence-electron chi connectivity index (χ3n) is 5.86. The average molecular weight is 318 g/mol. The van der Waals surface area contributed by atoms with E-state index in [2.05, 4.69) is 28.9 Å². The number of hydrogen-bond donors (Lipinski definition) is 0. The van der Waals surface area contributed by atoms with Crippen LogP contribution >= 0.6 is 0 Å². The molecule has 0 N–H and O–H groups in total. The molecule has 2 aliphatic rings. The number of hydrogen-bond acceptors (Lipinski definition) is 3. The second kappa shape index (κ2) is 6.27. The second-order valence-corrected chi connectivity index (χ2v) is 7.58. The van der Waals surface area contributed by atoms with Crippen LogP contribution in [0, 0.1) is 13.8 Å². The quantitative estimate of drug-likeness (QED) is 0.840. The van der Waals surface area contributed by atoms with E-state index in [1.165, 1.54) is 19.3 Å². The Kier molecular flexibility index (Phi) is 4.50. The Labute approximate surface area is 139 Å². The summed E-state index contributed by atoms with van der Waals surface area (Å²) < 4.78 is 1.85. The number of nitrogens with zero attached hydrogens (tertiary/aromatic N) is 4. The van der Waals surface area contributed by atoms with Gasteiger partial charge in [0.2, 0.25) is 5.91 Å². The lowest BCUT2D eigenvalue weighted by Crippen LogP contribution is -2.63. The summed E-state index contributed by atoms with van der Waals surface area (Å²) in [7, 11) is 2.22. The minimum absolute atomic E-state index is 0.0311. The summed E-state index contributed by atoms with van der Waals surface area (Å²) in [5.74, 6) is 0.223. The molecule has 1 aromatic heterocycles. The average Bonchev–Trinajstić information content (AvgIpc) is 2.69. The van der Waals surface area contributed by atoms with Crippen LogP contribution in [0.25, 0.3) is 0 Å². The Hall–Kier alpha value is -1.36. The van der Waals surface area contributed by atoms with Crippen LogP contribution < -0.4 is 0 Å². The molecule has 0 unspecified atom stereocenters. The van der Waals surface area contributed by atoms with Crippen LogP contribution in [0.15, 0.2) is 6.07 Å². The molecule has 2 aliphatic heterocycles. The lowest BCUT2D eigenvalue weighted by Gasteiger charge is -2.51. The van der Waals surface area contributed by atoms with Crippen molar-refractivity contribution in [1.82, 2.24) is 19.6 Å². The molecule has 2 saturated heterocycles. The fraction of sp³-hybridized carbons (Fsp3) is 0.778. The lowest BCUT2D eigenvalue weighted by atomic mass is 9.80. The lowest BCUT2D eigenvalue weighted by molar-refractivity contribution is -0.142. The minimum atomic E-state index is -0.0311. The summed E-state index contributed by atoms with van der Waals surface area (Å²) in [4.78, 5) is 17.7. The Morgan fingerprint density at radius 3 is 2.78 bits per heavy atom. The van der Waals surface area contributed by atoms with Crippen LogP contribution in [0.3, 0.4) is 0 Å². The number of carbonyl (C=O) groups excluding carboxylic acids is 1. The standard InChI is InChI=1S/C18H30N4O/c1-14-12-15(2)22(19-14)13-17(23)21-11-6-5-8-16-18(21,3)9-7-10-20(16)4/h12,16H,5-11,13H2,1-4H3/t16-,18-/m0/s1. The first kappa shape index (κ1) is 16.5. The molecular formula is C18H30N4O. The SMILES string of the molecule is Cc1cc(C)n(CC(=O)N2CCCC[C@@H]3N(C)CCC[C@@]32C)n1. The number of aryl methyl sites for hydroxylation is 2. The summed E-state index contributed by atoms with van der Waals surface area (Å²) >= 11 is 0. The molecule has 1 amide bonds. The Morgan fingerprint density at radius 2 is 2.09 bits per heavy atom. The van der Waals surface area contributed by atoms with Gasteiger partial charge in [-0.3, -0.25) is 9.48 Å². The smallest absolute Gasteiger partial charge is 0.244 e. The highest BCUT2D eigenvalue weighted by atomic mass is 16.2. The van der Waals surface area contributed by atoms with Gasteiger partial charge in [-0.15, -0.1) is 0 Å². The van der Waals surface area contributed by atoms with Gasteiger partial charge >= 0.3 is 0 Å². The van der Waals surface area contributed by atoms with Crippen molar-refractivity contribution in [3.63, 3.8) is 0 Å². The third kappa shape index (κ3) is 3.03. The molecular weight excluding hydrogens is 288 g/mol. The molecule has 0 bridgehead atoms. The highest BCUT2D eigenvalue weighted by Crippen LogP contribution is 2.37. The molecule has 2 fully saturated rings. The summed E-state index contributed by atoms with van der Waals surface area (Å²) in [6.45, 7) is 8.71. The molecule has 0 saturated carbocycles. The highest BCUT2D eigenvalue weighted by Gasteiger charge is 2.46. The largest absolute Gasteiger partial charge is 0.334 e. The molecule has 3 heterocycles. The maximum atomic E-state index is 13.1. The molecule has 5 heteroatoms. The molecule has 128 valence electrons. The van der Waals surface area contributed by atoms with Crippen LogP contribution in [0.5, 0.6) is 0 Å². The van der Waals surface area contributed by atoms with Gasteiger partial charge < -0.3 is 9.80 Å². The maximum absolute atomic E-state index is 13.1. The number of rotatable bonds is 2. The van der Waals surface area contributed by atoms with Gasteiger partial charge in [0.1, 0.15) is 6.54 Å². The molecule has 0 radical (unpaired) electrons. The van der Waals surface area contributed by atoms with E-state index in [0.717, 1.165) is 37.3 Å². The van der Waals surface area contributed by atoms with Gasteiger partial charge in [0.25, 0.3) is 0 Å². The van der Waals surface area contributed by atoms with E-state index in [1.807, 2.05) is 24.6 Å². The van der Waals surface area contributed by atoms with Crippen molar-refractivity contribution < 1.29 is 4.79 Å². The summed E-state index contributed by atoms with van der Waals surface area (Å²) in [6.07, 6.45) is 5.83. The van der Waals surface area contributed by atoms with Crippen molar-refractivity contribution in [1.29, 1.82) is 0 Å². The molecule has 23 heavy (non-hydrogen) atoms. The molecule has 0 aliphatic carbocycles. The predicted octanol–water partition coefficient (Wildman–Crippen LogP) is 2.37. The fourth-order valence-corrected chi connectivity index (χ4v) is 4.65. The molecule has 1 aromatic rings. The Morgan fingerprint density at radius 1 is 1.30 bits per heavy atom. The van der Waals surface area contributed by atoms with E-state index in [0.29, 0.717) is 12.6 Å². The first-order chi connectivity index (χ1) is 10.9. The zero-order valence-electron chi connectivity index (χ0n) is 15.0. The Bertz CT molecular complexity index is 582. The summed E-state index contributed by atoms with van der Waals surface area (Å²) in [6, 6.07) is 2.53. The van der Waals surface area contributed by atoms with E-state index in [4.69, 9.17) is 0 Å². The maximum Gasteiger partial charge on any atom is 0.244 e. The van der Waals surface area contributed by atoms with Crippen LogP contribution in [0.1, 0.15) is 50.4 Å². The van der Waals surface area contributed by atoms with E-state index < -0.39 is 0 Å². The number of aromatic nitrogens is 2. The number of likely N-dealkylation sites (N-methyl/N-ethyl adjacent to an activating group) is 1. The van der Waals surface area contributed by atoms with Gasteiger partial charge in [-0.1, -0.05) is 6.42 Å². The molecule has 3 rings (SSSR count). The first-order valence-corrected chi connectivity index (χ1v) is 8.93. The van der Waals surface area contributed by atoms with Crippen LogP contribution in [0.2, 0.25) is 0 Å². The van der Waals surface area contributed by atoms with Gasteiger partial charge in [0.15, 0.2) is 0 Å². The first-order valence-electron chi connectivity index (χ1n) is 8.93. The van der Waals surface area contributed by atoms with Crippen molar-refractivity contribution in [2.24, 2.45) is 0 Å². The van der Waals surface area contributed by atoms with E-state index >= 15 is 0 Å². The molecule has 0 spiro atoms. The second-order valence-electron chi connectivity index (χ2n) is 7.58. The number of likely N-dealkylation sites (tertiary alicyclic amines) is 2. The zero-order valence-corrected chi connectivity index (χ0v) is 15.0. The van der Waals surface area contributed by atoms with Crippen molar-refractivity contribution in [2.45, 2.75) is 71.0 Å². The van der Waals surface area contributed by atoms with Crippen LogP contribution in [0.4, 0.5) is 0 Å².